The van der Waals surface area contributed by atoms with E-state index in [4.69, 9.17) is 9.47 Å². The van der Waals surface area contributed by atoms with Gasteiger partial charge < -0.3 is 20.1 Å². The number of carbonyl (C=O) groups excluding carboxylic acids is 3. The largest absolute Gasteiger partial charge is 0.460 e. The smallest absolute Gasteiger partial charge is 0.407 e. The predicted octanol–water partition coefficient (Wildman–Crippen LogP) is 6.96. The maximum absolute atomic E-state index is 14.5. The number of nitrogens with one attached hydrogen (secondary N) is 2. The predicted molar refractivity (Wildman–Crippen MR) is 154 cm³/mol. The maximum Gasteiger partial charge on any atom is 0.407 e. The molecule has 3 rings (SSSR count). The Labute approximate surface area is 235 Å². The summed E-state index contributed by atoms with van der Waals surface area (Å²) in [4.78, 5) is 37.7. The summed E-state index contributed by atoms with van der Waals surface area (Å²) in [5, 5.41) is 5.52. The van der Waals surface area contributed by atoms with Gasteiger partial charge in [0, 0.05) is 17.8 Å². The summed E-state index contributed by atoms with van der Waals surface area (Å²) in [6, 6.07) is 16.7. The van der Waals surface area contributed by atoms with Gasteiger partial charge in [-0.1, -0.05) is 29.8 Å². The van der Waals surface area contributed by atoms with Gasteiger partial charge in [-0.25, -0.2) is 9.18 Å². The molecule has 0 atom stereocenters. The van der Waals surface area contributed by atoms with Crippen LogP contribution in [0.5, 0.6) is 0 Å². The second-order valence-corrected chi connectivity index (χ2v) is 11.7. The van der Waals surface area contributed by atoms with E-state index < -0.39 is 29.1 Å². The van der Waals surface area contributed by atoms with Crippen LogP contribution >= 0.6 is 0 Å². The molecule has 0 heterocycles. The lowest BCUT2D eigenvalue weighted by atomic mass is 10.00. The van der Waals surface area contributed by atoms with Gasteiger partial charge in [0.05, 0.1) is 6.42 Å². The molecule has 0 spiro atoms. The number of anilines is 1. The van der Waals surface area contributed by atoms with E-state index in [1.807, 2.05) is 19.1 Å². The van der Waals surface area contributed by atoms with Crippen LogP contribution in [-0.4, -0.2) is 29.2 Å². The molecule has 0 aliphatic rings. The number of hydrogen-bond acceptors (Lipinski definition) is 5. The number of alkyl carbamates (subject to hydrolysis) is 1. The molecule has 3 aromatic carbocycles. The van der Waals surface area contributed by atoms with Gasteiger partial charge in [-0.05, 0) is 107 Å². The van der Waals surface area contributed by atoms with E-state index in [0.29, 0.717) is 33.5 Å². The van der Waals surface area contributed by atoms with Crippen LogP contribution in [0.3, 0.4) is 0 Å². The number of ether oxygens (including phenoxy) is 2. The Balaban J connectivity index is 1.78. The number of esters is 1. The monoisotopic (exact) mass is 548 g/mol. The Hall–Kier alpha value is -4.20. The Bertz CT molecular complexity index is 1400. The highest BCUT2D eigenvalue weighted by Crippen LogP contribution is 2.25. The first-order chi connectivity index (χ1) is 18.6. The molecule has 0 fully saturated rings. The summed E-state index contributed by atoms with van der Waals surface area (Å²) < 4.78 is 25.2. The van der Waals surface area contributed by atoms with Crippen molar-refractivity contribution < 1.29 is 28.2 Å². The minimum Gasteiger partial charge on any atom is -0.460 e. The van der Waals surface area contributed by atoms with Crippen LogP contribution in [0.1, 0.15) is 68.6 Å². The number of amides is 2. The first-order valence-electron chi connectivity index (χ1n) is 13.1. The molecule has 0 unspecified atom stereocenters. The fraction of sp³-hybridized carbons (Fsp3) is 0.344. The molecule has 7 nitrogen and oxygen atoms in total. The number of aryl methyl sites for hydroxylation is 1. The van der Waals surface area contributed by atoms with Crippen molar-refractivity contribution in [2.24, 2.45) is 0 Å². The lowest BCUT2D eigenvalue weighted by molar-refractivity contribution is -0.153. The van der Waals surface area contributed by atoms with Gasteiger partial charge in [0.1, 0.15) is 17.0 Å². The highest BCUT2D eigenvalue weighted by atomic mass is 19.1. The normalized spacial score (nSPS) is 11.5. The molecule has 0 aliphatic carbocycles. The van der Waals surface area contributed by atoms with E-state index in [1.54, 1.807) is 77.9 Å². The van der Waals surface area contributed by atoms with Crippen molar-refractivity contribution >= 4 is 23.7 Å². The van der Waals surface area contributed by atoms with Gasteiger partial charge in [0.2, 0.25) is 0 Å². The molecular weight excluding hydrogens is 511 g/mol. The third-order valence-corrected chi connectivity index (χ3v) is 5.52. The van der Waals surface area contributed by atoms with E-state index in [2.05, 4.69) is 10.6 Å². The van der Waals surface area contributed by atoms with Crippen LogP contribution in [0.2, 0.25) is 0 Å². The molecule has 3 aromatic rings. The van der Waals surface area contributed by atoms with Crippen LogP contribution in [0.25, 0.3) is 11.1 Å². The molecule has 0 saturated heterocycles. The fourth-order valence-corrected chi connectivity index (χ4v) is 3.97. The van der Waals surface area contributed by atoms with Gasteiger partial charge in [-0.3, -0.25) is 9.59 Å². The first kappa shape index (κ1) is 30.3. The van der Waals surface area contributed by atoms with E-state index in [9.17, 15) is 18.8 Å². The average Bonchev–Trinajstić information content (AvgIpc) is 2.82. The van der Waals surface area contributed by atoms with Crippen LogP contribution < -0.4 is 10.6 Å². The van der Waals surface area contributed by atoms with Crippen LogP contribution in [0.4, 0.5) is 14.9 Å². The van der Waals surface area contributed by atoms with Gasteiger partial charge >= 0.3 is 12.1 Å². The number of hydrogen-bond donors (Lipinski definition) is 2. The second-order valence-electron chi connectivity index (χ2n) is 11.7. The van der Waals surface area contributed by atoms with Crippen molar-refractivity contribution in [3.05, 3.63) is 88.7 Å². The third kappa shape index (κ3) is 9.52. The summed E-state index contributed by atoms with van der Waals surface area (Å²) in [7, 11) is 0. The number of halogens is 1. The molecule has 8 heteroatoms. The zero-order valence-corrected chi connectivity index (χ0v) is 24.1. The van der Waals surface area contributed by atoms with Gasteiger partial charge in [0.25, 0.3) is 5.91 Å². The quantitative estimate of drug-likeness (QED) is 0.311. The molecule has 2 amide bonds. The van der Waals surface area contributed by atoms with Crippen molar-refractivity contribution in [2.45, 2.75) is 72.6 Å². The van der Waals surface area contributed by atoms with E-state index in [-0.39, 0.29) is 18.9 Å². The highest BCUT2D eigenvalue weighted by molar-refractivity contribution is 6.05. The summed E-state index contributed by atoms with van der Waals surface area (Å²) in [5.74, 6) is -1.24. The standard InChI is InChI=1S/C32H37FN2O5/c1-20-11-12-27(25(13-20)18-28(36)39-31(2,3)4)35-29(37)23-10-8-9-22(16-23)24-14-21(15-26(33)17-24)19-34-30(38)40-32(5,6)7/h8-17H,18-19H2,1-7H3,(H,34,38)(H,35,37). The lowest BCUT2D eigenvalue weighted by Crippen LogP contribution is -2.32. The summed E-state index contributed by atoms with van der Waals surface area (Å²) >= 11 is 0. The zero-order chi connectivity index (χ0) is 29.7. The van der Waals surface area contributed by atoms with E-state index in [0.717, 1.165) is 5.56 Å². The minimum atomic E-state index is -0.646. The maximum atomic E-state index is 14.5. The van der Waals surface area contributed by atoms with Crippen LogP contribution in [-0.2, 0) is 27.2 Å². The number of rotatable bonds is 7. The number of benzene rings is 3. The minimum absolute atomic E-state index is 0.0119. The molecule has 0 saturated carbocycles. The topological polar surface area (TPSA) is 93.7 Å². The lowest BCUT2D eigenvalue weighted by Gasteiger charge is -2.20. The molecule has 0 aliphatic heterocycles. The van der Waals surface area contributed by atoms with Crippen molar-refractivity contribution in [3.8, 4) is 11.1 Å². The van der Waals surface area contributed by atoms with Crippen LogP contribution in [0.15, 0.2) is 60.7 Å². The van der Waals surface area contributed by atoms with Gasteiger partial charge in [0.15, 0.2) is 0 Å². The first-order valence-corrected chi connectivity index (χ1v) is 13.1. The molecule has 2 N–H and O–H groups in total. The molecule has 0 aromatic heterocycles. The van der Waals surface area contributed by atoms with Crippen molar-refractivity contribution in [2.75, 3.05) is 5.32 Å². The van der Waals surface area contributed by atoms with Gasteiger partial charge in [-0.2, -0.15) is 0 Å². The number of carbonyl (C=O) groups is 3. The molecule has 0 radical (unpaired) electrons. The second kappa shape index (κ2) is 12.3. The highest BCUT2D eigenvalue weighted by Gasteiger charge is 2.19. The Morgan fingerprint density at radius 2 is 1.52 bits per heavy atom. The Kier molecular flexibility index (Phi) is 9.35. The molecular formula is C32H37FN2O5. The molecule has 40 heavy (non-hydrogen) atoms. The van der Waals surface area contributed by atoms with Crippen molar-refractivity contribution in [1.82, 2.24) is 5.32 Å². The van der Waals surface area contributed by atoms with Gasteiger partial charge in [-0.15, -0.1) is 0 Å². The molecule has 0 bridgehead atoms. The fourth-order valence-electron chi connectivity index (χ4n) is 3.97. The SMILES string of the molecule is Cc1ccc(NC(=O)c2cccc(-c3cc(F)cc(CNC(=O)OC(C)(C)C)c3)c2)c(CC(=O)OC(C)(C)C)c1. The third-order valence-electron chi connectivity index (χ3n) is 5.52. The average molecular weight is 549 g/mol. The summed E-state index contributed by atoms with van der Waals surface area (Å²) in [5.41, 5.74) is 2.92. The Morgan fingerprint density at radius 1 is 0.825 bits per heavy atom. The summed E-state index contributed by atoms with van der Waals surface area (Å²) in [6.45, 7) is 12.7. The van der Waals surface area contributed by atoms with Crippen molar-refractivity contribution in [3.63, 3.8) is 0 Å². The zero-order valence-electron chi connectivity index (χ0n) is 24.1. The van der Waals surface area contributed by atoms with E-state index in [1.165, 1.54) is 12.1 Å². The molecule has 212 valence electrons. The van der Waals surface area contributed by atoms with E-state index >= 15 is 0 Å². The summed E-state index contributed by atoms with van der Waals surface area (Å²) in [6.07, 6.45) is -0.586. The Morgan fingerprint density at radius 3 is 2.20 bits per heavy atom. The van der Waals surface area contributed by atoms with Crippen molar-refractivity contribution in [1.29, 1.82) is 0 Å². The van der Waals surface area contributed by atoms with Crippen LogP contribution in [0, 0.1) is 12.7 Å².